The third kappa shape index (κ3) is 2.97. The van der Waals surface area contributed by atoms with E-state index < -0.39 is 11.9 Å². The summed E-state index contributed by atoms with van der Waals surface area (Å²) in [6.07, 6.45) is -0.916. The third-order valence-corrected chi connectivity index (χ3v) is 2.86. The van der Waals surface area contributed by atoms with E-state index in [1.165, 1.54) is 18.2 Å². The molecule has 0 radical (unpaired) electrons. The molecule has 1 nitrogen and oxygen atoms in total. The fourth-order valence-corrected chi connectivity index (χ4v) is 1.93. The average Bonchev–Trinajstić information content (AvgIpc) is 2.28. The van der Waals surface area contributed by atoms with Gasteiger partial charge in [0, 0.05) is 10.0 Å². The molecule has 88 valence electrons. The van der Waals surface area contributed by atoms with Crippen LogP contribution >= 0.6 is 23.2 Å². The number of hydrogen-bond donors (Lipinski definition) is 1. The fourth-order valence-electron chi connectivity index (χ4n) is 1.57. The normalized spacial score (nSPS) is 12.5. The van der Waals surface area contributed by atoms with Crippen molar-refractivity contribution in [3.63, 3.8) is 0 Å². The van der Waals surface area contributed by atoms with Crippen LogP contribution in [-0.2, 0) is 0 Å². The van der Waals surface area contributed by atoms with E-state index in [-0.39, 0.29) is 5.02 Å². The van der Waals surface area contributed by atoms with Crippen molar-refractivity contribution in [3.05, 3.63) is 69.5 Å². The lowest BCUT2D eigenvalue weighted by atomic mass is 10.0. The summed E-state index contributed by atoms with van der Waals surface area (Å²) in [7, 11) is 0. The average molecular weight is 271 g/mol. The van der Waals surface area contributed by atoms with Crippen LogP contribution in [0.4, 0.5) is 4.39 Å². The lowest BCUT2D eigenvalue weighted by Gasteiger charge is -2.12. The van der Waals surface area contributed by atoms with Crippen molar-refractivity contribution in [2.75, 3.05) is 0 Å². The maximum atomic E-state index is 13.2. The highest BCUT2D eigenvalue weighted by molar-refractivity contribution is 6.30. The fraction of sp³-hybridized carbons (Fsp3) is 0.0769. The van der Waals surface area contributed by atoms with Gasteiger partial charge < -0.3 is 5.11 Å². The lowest BCUT2D eigenvalue weighted by molar-refractivity contribution is 0.220. The highest BCUT2D eigenvalue weighted by Crippen LogP contribution is 2.26. The number of aliphatic hydroxyl groups is 1. The van der Waals surface area contributed by atoms with E-state index in [2.05, 4.69) is 0 Å². The van der Waals surface area contributed by atoms with Gasteiger partial charge in [0.05, 0.1) is 0 Å². The molecule has 17 heavy (non-hydrogen) atoms. The van der Waals surface area contributed by atoms with Gasteiger partial charge in [0.25, 0.3) is 0 Å². The van der Waals surface area contributed by atoms with Gasteiger partial charge in [-0.2, -0.15) is 0 Å². The zero-order valence-corrected chi connectivity index (χ0v) is 10.2. The molecular weight excluding hydrogens is 262 g/mol. The molecule has 1 unspecified atom stereocenters. The van der Waals surface area contributed by atoms with Crippen molar-refractivity contribution < 1.29 is 9.50 Å². The Balaban J connectivity index is 2.36. The molecule has 0 fully saturated rings. The van der Waals surface area contributed by atoms with Gasteiger partial charge >= 0.3 is 0 Å². The van der Waals surface area contributed by atoms with E-state index in [0.29, 0.717) is 16.1 Å². The van der Waals surface area contributed by atoms with Crippen molar-refractivity contribution in [2.24, 2.45) is 0 Å². The first-order valence-corrected chi connectivity index (χ1v) is 5.71. The molecule has 0 saturated carbocycles. The lowest BCUT2D eigenvalue weighted by Crippen LogP contribution is -2.00. The standard InChI is InChI=1S/C13H9Cl2FO/c14-10-3-1-8(2-4-10)13(17)9-5-11(15)7-12(16)6-9/h1-7,13,17H. The molecule has 0 aliphatic heterocycles. The molecule has 0 bridgehead atoms. The highest BCUT2D eigenvalue weighted by Gasteiger charge is 2.12. The van der Waals surface area contributed by atoms with E-state index in [0.717, 1.165) is 0 Å². The molecule has 1 atom stereocenters. The van der Waals surface area contributed by atoms with Gasteiger partial charge in [0.2, 0.25) is 0 Å². The Morgan fingerprint density at radius 1 is 0.882 bits per heavy atom. The topological polar surface area (TPSA) is 20.2 Å². The quantitative estimate of drug-likeness (QED) is 0.867. The van der Waals surface area contributed by atoms with Crippen LogP contribution < -0.4 is 0 Å². The molecule has 2 aromatic carbocycles. The molecule has 4 heteroatoms. The molecular formula is C13H9Cl2FO. The maximum Gasteiger partial charge on any atom is 0.125 e. The Hall–Kier alpha value is -1.09. The number of aliphatic hydroxyl groups excluding tert-OH is 1. The Kier molecular flexibility index (Phi) is 3.67. The number of hydrogen-bond acceptors (Lipinski definition) is 1. The minimum Gasteiger partial charge on any atom is -0.384 e. The summed E-state index contributed by atoms with van der Waals surface area (Å²) in [5.74, 6) is -0.472. The molecule has 0 aromatic heterocycles. The van der Waals surface area contributed by atoms with Crippen molar-refractivity contribution in [2.45, 2.75) is 6.10 Å². The van der Waals surface area contributed by atoms with Gasteiger partial charge in [-0.25, -0.2) is 4.39 Å². The smallest absolute Gasteiger partial charge is 0.125 e. The van der Waals surface area contributed by atoms with Crippen molar-refractivity contribution >= 4 is 23.2 Å². The van der Waals surface area contributed by atoms with Crippen molar-refractivity contribution in [1.82, 2.24) is 0 Å². The predicted molar refractivity (Wildman–Crippen MR) is 66.9 cm³/mol. The third-order valence-electron chi connectivity index (χ3n) is 2.39. The minimum atomic E-state index is -0.916. The van der Waals surface area contributed by atoms with E-state index in [1.807, 2.05) is 0 Å². The van der Waals surface area contributed by atoms with Crippen LogP contribution in [0.2, 0.25) is 10.0 Å². The summed E-state index contributed by atoms with van der Waals surface area (Å²) < 4.78 is 13.2. The molecule has 2 rings (SSSR count). The van der Waals surface area contributed by atoms with Gasteiger partial charge in [-0.1, -0.05) is 35.3 Å². The molecule has 0 spiro atoms. The summed E-state index contributed by atoms with van der Waals surface area (Å²) in [6, 6.07) is 10.7. The molecule has 0 saturated heterocycles. The second kappa shape index (κ2) is 5.05. The Morgan fingerprint density at radius 3 is 2.12 bits per heavy atom. The van der Waals surface area contributed by atoms with Gasteiger partial charge in [-0.05, 0) is 41.5 Å². The first kappa shape index (κ1) is 12.4. The number of halogens is 3. The zero-order chi connectivity index (χ0) is 12.4. The van der Waals surface area contributed by atoms with E-state index in [1.54, 1.807) is 24.3 Å². The maximum absolute atomic E-state index is 13.2. The second-order valence-corrected chi connectivity index (χ2v) is 4.53. The van der Waals surface area contributed by atoms with Crippen LogP contribution in [0.15, 0.2) is 42.5 Å². The molecule has 1 N–H and O–H groups in total. The van der Waals surface area contributed by atoms with Crippen molar-refractivity contribution in [1.29, 1.82) is 0 Å². The Bertz CT molecular complexity index is 505. The van der Waals surface area contributed by atoms with Crippen LogP contribution in [0.25, 0.3) is 0 Å². The summed E-state index contributed by atoms with van der Waals surface area (Å²) in [6.45, 7) is 0. The van der Waals surface area contributed by atoms with Gasteiger partial charge in [-0.3, -0.25) is 0 Å². The molecule has 0 aliphatic rings. The van der Waals surface area contributed by atoms with Crippen molar-refractivity contribution in [3.8, 4) is 0 Å². The molecule has 0 heterocycles. The summed E-state index contributed by atoms with van der Waals surface area (Å²) in [5.41, 5.74) is 1.05. The Morgan fingerprint density at radius 2 is 1.53 bits per heavy atom. The van der Waals surface area contributed by atoms with E-state index in [9.17, 15) is 9.50 Å². The predicted octanol–water partition coefficient (Wildman–Crippen LogP) is 4.21. The molecule has 2 aromatic rings. The SMILES string of the molecule is OC(c1ccc(Cl)cc1)c1cc(F)cc(Cl)c1. The Labute approximate surface area is 108 Å². The first-order chi connectivity index (χ1) is 8.06. The molecule has 0 amide bonds. The summed E-state index contributed by atoms with van der Waals surface area (Å²) >= 11 is 11.5. The largest absolute Gasteiger partial charge is 0.384 e. The number of benzene rings is 2. The van der Waals surface area contributed by atoms with Gasteiger partial charge in [0.15, 0.2) is 0 Å². The zero-order valence-electron chi connectivity index (χ0n) is 8.70. The highest BCUT2D eigenvalue weighted by atomic mass is 35.5. The minimum absolute atomic E-state index is 0.257. The van der Waals surface area contributed by atoms with E-state index in [4.69, 9.17) is 23.2 Å². The van der Waals surface area contributed by atoms with Crippen LogP contribution in [0, 0.1) is 5.82 Å². The van der Waals surface area contributed by atoms with Crippen LogP contribution in [0.5, 0.6) is 0 Å². The monoisotopic (exact) mass is 270 g/mol. The first-order valence-electron chi connectivity index (χ1n) is 4.96. The molecule has 0 aliphatic carbocycles. The van der Waals surface area contributed by atoms with Crippen LogP contribution in [0.3, 0.4) is 0 Å². The van der Waals surface area contributed by atoms with Crippen LogP contribution in [0.1, 0.15) is 17.2 Å². The summed E-state index contributed by atoms with van der Waals surface area (Å²) in [4.78, 5) is 0. The number of rotatable bonds is 2. The van der Waals surface area contributed by atoms with Gasteiger partial charge in [-0.15, -0.1) is 0 Å². The van der Waals surface area contributed by atoms with Gasteiger partial charge in [0.1, 0.15) is 11.9 Å². The van der Waals surface area contributed by atoms with Crippen LogP contribution in [-0.4, -0.2) is 5.11 Å². The second-order valence-electron chi connectivity index (χ2n) is 3.66. The summed E-state index contributed by atoms with van der Waals surface area (Å²) in [5, 5.41) is 10.9. The van der Waals surface area contributed by atoms with E-state index >= 15 is 0 Å².